The minimum atomic E-state index is -4.52. The Morgan fingerprint density at radius 3 is 2.81 bits per heavy atom. The van der Waals surface area contributed by atoms with E-state index in [1.54, 1.807) is 4.90 Å². The Bertz CT molecular complexity index is 247. The number of rotatable bonds is 2. The molecule has 2 fully saturated rings. The maximum atomic E-state index is 12.2. The number of fused-ring (bicyclic) bond motifs is 1. The molecule has 0 bridgehead atoms. The number of alkyl halides is 3. The molecule has 1 aliphatic carbocycles. The molecule has 94 valence electrons. The van der Waals surface area contributed by atoms with Gasteiger partial charge in [0.05, 0.1) is 12.7 Å². The van der Waals surface area contributed by atoms with Gasteiger partial charge in [-0.25, -0.2) is 0 Å². The number of hydrogen-bond acceptors (Lipinski definition) is 3. The number of hydrogen-bond donors (Lipinski definition) is 1. The minimum absolute atomic E-state index is 0.0609. The lowest BCUT2D eigenvalue weighted by Gasteiger charge is -2.38. The number of halogens is 3. The predicted octanol–water partition coefficient (Wildman–Crippen LogP) is 1.16. The molecule has 0 radical (unpaired) electrons. The van der Waals surface area contributed by atoms with Crippen LogP contribution in [0.1, 0.15) is 19.3 Å². The molecular weight excluding hydrogens is 223 g/mol. The number of ether oxygens (including phenoxy) is 1. The monoisotopic (exact) mass is 239 g/mol. The van der Waals surface area contributed by atoms with Gasteiger partial charge in [-0.15, -0.1) is 0 Å². The average Bonchev–Trinajstić information content (AvgIpc) is 2.65. The summed E-state index contributed by atoms with van der Waals surface area (Å²) in [7, 11) is 0. The van der Waals surface area contributed by atoms with Crippen molar-refractivity contribution in [1.82, 2.24) is 4.90 Å². The van der Waals surface area contributed by atoms with Crippen LogP contribution in [0.5, 0.6) is 0 Å². The van der Waals surface area contributed by atoms with Crippen molar-refractivity contribution in [3.8, 4) is 0 Å². The molecular formula is C10H16F3NO2. The molecule has 2 aliphatic rings. The van der Waals surface area contributed by atoms with Gasteiger partial charge >= 0.3 is 6.18 Å². The van der Waals surface area contributed by atoms with Gasteiger partial charge in [-0.05, 0) is 19.3 Å². The molecule has 1 N–H and O–H groups in total. The molecule has 2 rings (SSSR count). The van der Waals surface area contributed by atoms with Crippen molar-refractivity contribution < 1.29 is 23.0 Å². The molecule has 3 atom stereocenters. The molecule has 6 heteroatoms. The first kappa shape index (κ1) is 12.1. The summed E-state index contributed by atoms with van der Waals surface area (Å²) in [5, 5.41) is 9.05. The van der Waals surface area contributed by atoms with Crippen LogP contribution in [0.4, 0.5) is 13.2 Å². The fourth-order valence-corrected chi connectivity index (χ4v) is 2.56. The van der Waals surface area contributed by atoms with Gasteiger partial charge in [-0.2, -0.15) is 13.2 Å². The van der Waals surface area contributed by atoms with Crippen LogP contribution in [0, 0.1) is 0 Å². The fourth-order valence-electron chi connectivity index (χ4n) is 2.56. The normalized spacial score (nSPS) is 33.8. The molecule has 1 aliphatic heterocycles. The highest BCUT2D eigenvalue weighted by atomic mass is 19.4. The molecule has 1 saturated heterocycles. The lowest BCUT2D eigenvalue weighted by Crippen LogP contribution is -2.53. The van der Waals surface area contributed by atoms with E-state index in [9.17, 15) is 13.2 Å². The zero-order valence-electron chi connectivity index (χ0n) is 8.91. The van der Waals surface area contributed by atoms with E-state index in [4.69, 9.17) is 9.84 Å². The molecule has 3 nitrogen and oxygen atoms in total. The van der Waals surface area contributed by atoms with E-state index in [-0.39, 0.29) is 18.7 Å². The lowest BCUT2D eigenvalue weighted by molar-refractivity contribution is -0.213. The van der Waals surface area contributed by atoms with Crippen LogP contribution in [-0.2, 0) is 4.74 Å². The Balaban J connectivity index is 1.93. The minimum Gasteiger partial charge on any atom is -0.382 e. The second kappa shape index (κ2) is 4.50. The van der Waals surface area contributed by atoms with Crippen LogP contribution in [0.2, 0.25) is 0 Å². The Kier molecular flexibility index (Phi) is 3.42. The summed E-state index contributed by atoms with van der Waals surface area (Å²) >= 11 is 0. The zero-order valence-corrected chi connectivity index (χ0v) is 8.91. The van der Waals surface area contributed by atoms with Crippen molar-refractivity contribution >= 4 is 0 Å². The van der Waals surface area contributed by atoms with Gasteiger partial charge in [-0.3, -0.25) is 4.90 Å². The first-order chi connectivity index (χ1) is 7.48. The molecule has 0 amide bonds. The van der Waals surface area contributed by atoms with Crippen LogP contribution < -0.4 is 0 Å². The van der Waals surface area contributed by atoms with Gasteiger partial charge in [0.25, 0.3) is 0 Å². The van der Waals surface area contributed by atoms with E-state index in [1.165, 1.54) is 0 Å². The van der Waals surface area contributed by atoms with Gasteiger partial charge in [-0.1, -0.05) is 0 Å². The van der Waals surface area contributed by atoms with Crippen LogP contribution in [0.3, 0.4) is 0 Å². The van der Waals surface area contributed by atoms with Gasteiger partial charge in [0.2, 0.25) is 0 Å². The summed E-state index contributed by atoms with van der Waals surface area (Å²) in [4.78, 5) is 1.72. The maximum Gasteiger partial charge on any atom is 0.415 e. The van der Waals surface area contributed by atoms with Crippen LogP contribution >= 0.6 is 0 Å². The first-order valence-corrected chi connectivity index (χ1v) is 5.59. The van der Waals surface area contributed by atoms with E-state index in [0.29, 0.717) is 13.2 Å². The van der Waals surface area contributed by atoms with Crippen LogP contribution in [0.15, 0.2) is 0 Å². The molecule has 3 unspecified atom stereocenters. The molecule has 0 spiro atoms. The van der Waals surface area contributed by atoms with Crippen molar-refractivity contribution in [2.75, 3.05) is 19.7 Å². The summed E-state index contributed by atoms with van der Waals surface area (Å²) in [5.41, 5.74) is 0. The molecule has 0 aromatic rings. The third-order valence-electron chi connectivity index (χ3n) is 3.38. The highest BCUT2D eigenvalue weighted by Crippen LogP contribution is 2.31. The molecule has 0 aromatic heterocycles. The van der Waals surface area contributed by atoms with Gasteiger partial charge in [0.15, 0.2) is 6.10 Å². The highest BCUT2D eigenvalue weighted by Gasteiger charge is 2.43. The SMILES string of the molecule is OC(CN1CCOC2CCCC21)C(F)(F)F. The predicted molar refractivity (Wildman–Crippen MR) is 51.0 cm³/mol. The lowest BCUT2D eigenvalue weighted by atomic mass is 10.1. The van der Waals surface area contributed by atoms with Gasteiger partial charge < -0.3 is 9.84 Å². The summed E-state index contributed by atoms with van der Waals surface area (Å²) in [5.74, 6) is 0. The Labute approximate surface area is 92.2 Å². The second-order valence-corrected chi connectivity index (χ2v) is 4.46. The third-order valence-corrected chi connectivity index (χ3v) is 3.38. The highest BCUT2D eigenvalue weighted by molar-refractivity contribution is 4.90. The molecule has 16 heavy (non-hydrogen) atoms. The largest absolute Gasteiger partial charge is 0.415 e. The number of aliphatic hydroxyl groups excluding tert-OH is 1. The van der Waals surface area contributed by atoms with Crippen molar-refractivity contribution in [3.63, 3.8) is 0 Å². The van der Waals surface area contributed by atoms with Crippen molar-refractivity contribution in [2.45, 2.75) is 43.7 Å². The molecule has 1 heterocycles. The van der Waals surface area contributed by atoms with E-state index < -0.39 is 12.3 Å². The quantitative estimate of drug-likeness (QED) is 0.785. The number of morpholine rings is 1. The van der Waals surface area contributed by atoms with Gasteiger partial charge in [0, 0.05) is 19.1 Å². The smallest absolute Gasteiger partial charge is 0.382 e. The summed E-state index contributed by atoms with van der Waals surface area (Å²) in [6.45, 7) is 0.619. The van der Waals surface area contributed by atoms with E-state index in [2.05, 4.69) is 0 Å². The summed E-state index contributed by atoms with van der Waals surface area (Å²) < 4.78 is 42.2. The second-order valence-electron chi connectivity index (χ2n) is 4.46. The standard InChI is InChI=1S/C10H16F3NO2/c11-10(12,13)9(15)6-14-4-5-16-8-3-1-2-7(8)14/h7-9,15H,1-6H2. The van der Waals surface area contributed by atoms with Crippen LogP contribution in [0.25, 0.3) is 0 Å². The van der Waals surface area contributed by atoms with Crippen molar-refractivity contribution in [2.24, 2.45) is 0 Å². The topological polar surface area (TPSA) is 32.7 Å². The number of β-amino-alcohol motifs (C(OH)–C–C–N with tert-alkyl or cyclic N) is 1. The first-order valence-electron chi connectivity index (χ1n) is 5.59. The van der Waals surface area contributed by atoms with Crippen molar-refractivity contribution in [3.05, 3.63) is 0 Å². The van der Waals surface area contributed by atoms with E-state index in [0.717, 1.165) is 19.3 Å². The van der Waals surface area contributed by atoms with E-state index in [1.807, 2.05) is 0 Å². The van der Waals surface area contributed by atoms with E-state index >= 15 is 0 Å². The Morgan fingerprint density at radius 1 is 1.38 bits per heavy atom. The zero-order chi connectivity index (χ0) is 11.8. The molecule has 1 saturated carbocycles. The third kappa shape index (κ3) is 2.49. The molecule has 0 aromatic carbocycles. The van der Waals surface area contributed by atoms with Crippen molar-refractivity contribution in [1.29, 1.82) is 0 Å². The maximum absolute atomic E-state index is 12.2. The number of nitrogens with zero attached hydrogens (tertiary/aromatic N) is 1. The summed E-state index contributed by atoms with van der Waals surface area (Å²) in [6, 6.07) is 0.0609. The Hall–Kier alpha value is -0.330. The number of aliphatic hydroxyl groups is 1. The van der Waals surface area contributed by atoms with Crippen LogP contribution in [-0.4, -0.2) is 54.1 Å². The van der Waals surface area contributed by atoms with Gasteiger partial charge in [0.1, 0.15) is 0 Å². The summed E-state index contributed by atoms with van der Waals surface area (Å²) in [6.07, 6.45) is -3.92. The fraction of sp³-hybridized carbons (Fsp3) is 1.00. The Morgan fingerprint density at radius 2 is 2.12 bits per heavy atom. The average molecular weight is 239 g/mol.